The first-order valence-electron chi connectivity index (χ1n) is 13.4. The highest BCUT2D eigenvalue weighted by Crippen LogP contribution is 2.47. The number of carbonyl (C=O) groups excluding carboxylic acids is 2. The molecule has 0 bridgehead atoms. The lowest BCUT2D eigenvalue weighted by Gasteiger charge is -2.37. The fourth-order valence-electron chi connectivity index (χ4n) is 6.09. The number of rotatable bonds is 7. The molecule has 0 spiro atoms. The molecule has 2 N–H and O–H groups in total. The number of dihydropyridines is 1. The van der Waals surface area contributed by atoms with E-state index in [1.165, 1.54) is 7.11 Å². The topological polar surface area (TPSA) is 103 Å². The minimum absolute atomic E-state index is 0.0525. The number of phenolic OH excluding ortho intramolecular Hbond substituents is 1. The monoisotopic (exact) mass is 533 g/mol. The number of phenols is 1. The Morgan fingerprint density at radius 2 is 1.56 bits per heavy atom. The third-order valence-corrected chi connectivity index (χ3v) is 8.04. The van der Waals surface area contributed by atoms with Crippen molar-refractivity contribution < 1.29 is 33.6 Å². The molecule has 2 aliphatic carbocycles. The van der Waals surface area contributed by atoms with Crippen LogP contribution in [0.15, 0.2) is 58.9 Å². The van der Waals surface area contributed by atoms with Gasteiger partial charge < -0.3 is 29.4 Å². The highest BCUT2D eigenvalue weighted by atomic mass is 16.5. The summed E-state index contributed by atoms with van der Waals surface area (Å²) in [5, 5.41) is 14.0. The zero-order valence-corrected chi connectivity index (χ0v) is 22.8. The van der Waals surface area contributed by atoms with Crippen LogP contribution in [0.25, 0.3) is 0 Å². The van der Waals surface area contributed by atoms with Gasteiger partial charge in [0.05, 0.1) is 26.9 Å². The van der Waals surface area contributed by atoms with Crippen LogP contribution in [0.4, 0.5) is 0 Å². The second-order valence-electron chi connectivity index (χ2n) is 10.4. The van der Waals surface area contributed by atoms with Crippen molar-refractivity contribution in [2.75, 3.05) is 21.3 Å². The maximum absolute atomic E-state index is 13.9. The molecule has 5 rings (SSSR count). The van der Waals surface area contributed by atoms with Crippen LogP contribution in [0.2, 0.25) is 0 Å². The maximum atomic E-state index is 13.9. The molecule has 0 radical (unpaired) electrons. The Kier molecular flexibility index (Phi) is 7.55. The minimum atomic E-state index is -0.661. The first kappa shape index (κ1) is 26.7. The van der Waals surface area contributed by atoms with Crippen LogP contribution in [-0.2, 0) is 14.3 Å². The van der Waals surface area contributed by atoms with Gasteiger partial charge in [-0.2, -0.15) is 0 Å². The Hall–Kier alpha value is -3.94. The summed E-state index contributed by atoms with van der Waals surface area (Å²) in [6.45, 7) is 1.84. The molecule has 1 heterocycles. The van der Waals surface area contributed by atoms with E-state index in [2.05, 4.69) is 5.32 Å². The number of nitrogens with one attached hydrogen (secondary N) is 1. The zero-order chi connectivity index (χ0) is 27.7. The number of allylic oxidation sites excluding steroid dienone is 3. The predicted octanol–water partition coefficient (Wildman–Crippen LogP) is 5.27. The van der Waals surface area contributed by atoms with Crippen LogP contribution < -0.4 is 19.5 Å². The Balaban J connectivity index is 1.55. The standard InChI is InChI=1S/C31H35NO7/c1-17-28(31(35)39-21-7-5-6-8-21)29(19-10-11-25(36-2)23(33)14-19)30-22(32-17)13-20(15-24(30)34)18-9-12-26(37-3)27(16-18)38-4/h9-12,14,16,20-21,29,32-33H,5-8,13,15H2,1-4H3/t20-,29-/m1/s1. The van der Waals surface area contributed by atoms with Crippen molar-refractivity contribution in [2.45, 2.75) is 63.4 Å². The lowest BCUT2D eigenvalue weighted by molar-refractivity contribution is -0.144. The number of aromatic hydroxyl groups is 1. The fourth-order valence-corrected chi connectivity index (χ4v) is 6.09. The molecule has 2 aromatic rings. The van der Waals surface area contributed by atoms with E-state index in [-0.39, 0.29) is 30.0 Å². The number of ether oxygens (including phenoxy) is 4. The molecule has 0 amide bonds. The Labute approximate surface area is 228 Å². The van der Waals surface area contributed by atoms with E-state index in [0.29, 0.717) is 46.1 Å². The third-order valence-electron chi connectivity index (χ3n) is 8.04. The van der Waals surface area contributed by atoms with Crippen LogP contribution in [0.5, 0.6) is 23.0 Å². The molecule has 3 aliphatic rings. The molecular formula is C31H35NO7. The van der Waals surface area contributed by atoms with Gasteiger partial charge in [0.1, 0.15) is 6.10 Å². The Morgan fingerprint density at radius 3 is 2.23 bits per heavy atom. The van der Waals surface area contributed by atoms with E-state index in [9.17, 15) is 14.7 Å². The molecule has 1 aliphatic heterocycles. The van der Waals surface area contributed by atoms with Crippen molar-refractivity contribution in [1.82, 2.24) is 5.32 Å². The average molecular weight is 534 g/mol. The van der Waals surface area contributed by atoms with Crippen molar-refractivity contribution in [3.8, 4) is 23.0 Å². The lowest BCUT2D eigenvalue weighted by Crippen LogP contribution is -2.36. The van der Waals surface area contributed by atoms with E-state index in [1.807, 2.05) is 25.1 Å². The number of ketones is 1. The van der Waals surface area contributed by atoms with E-state index in [1.54, 1.807) is 32.4 Å². The molecular weight excluding hydrogens is 498 g/mol. The summed E-state index contributed by atoms with van der Waals surface area (Å²) in [5.41, 5.74) is 3.99. The summed E-state index contributed by atoms with van der Waals surface area (Å²) < 4.78 is 22.0. The van der Waals surface area contributed by atoms with Gasteiger partial charge in [-0.05, 0) is 80.3 Å². The molecule has 206 valence electrons. The summed E-state index contributed by atoms with van der Waals surface area (Å²) >= 11 is 0. The fraction of sp³-hybridized carbons (Fsp3) is 0.419. The number of methoxy groups -OCH3 is 3. The minimum Gasteiger partial charge on any atom is -0.504 e. The van der Waals surface area contributed by atoms with Gasteiger partial charge in [-0.3, -0.25) is 4.79 Å². The van der Waals surface area contributed by atoms with Gasteiger partial charge in [-0.25, -0.2) is 4.79 Å². The van der Waals surface area contributed by atoms with Gasteiger partial charge >= 0.3 is 5.97 Å². The first-order chi connectivity index (χ1) is 18.8. The van der Waals surface area contributed by atoms with E-state index in [4.69, 9.17) is 18.9 Å². The SMILES string of the molecule is COc1ccc([C@@H]2C(C(=O)OC3CCCC3)=C(C)NC3=C2C(=O)C[C@H](c2ccc(OC)c(OC)c2)C3)cc1O. The van der Waals surface area contributed by atoms with Crippen LogP contribution in [-0.4, -0.2) is 44.3 Å². The van der Waals surface area contributed by atoms with Gasteiger partial charge in [0.25, 0.3) is 0 Å². The molecule has 1 saturated carbocycles. The van der Waals surface area contributed by atoms with Crippen LogP contribution in [0.1, 0.15) is 68.4 Å². The van der Waals surface area contributed by atoms with Crippen molar-refractivity contribution in [1.29, 1.82) is 0 Å². The van der Waals surface area contributed by atoms with Crippen LogP contribution in [0.3, 0.4) is 0 Å². The molecule has 8 heteroatoms. The summed E-state index contributed by atoms with van der Waals surface area (Å²) in [7, 11) is 4.66. The molecule has 39 heavy (non-hydrogen) atoms. The van der Waals surface area contributed by atoms with Gasteiger partial charge in [-0.15, -0.1) is 0 Å². The number of carbonyl (C=O) groups is 2. The largest absolute Gasteiger partial charge is 0.504 e. The molecule has 0 aromatic heterocycles. The summed E-state index contributed by atoms with van der Waals surface area (Å²) in [5.74, 6) is 0.292. The summed E-state index contributed by atoms with van der Waals surface area (Å²) in [4.78, 5) is 27.5. The number of hydrogen-bond donors (Lipinski definition) is 2. The normalized spacial score (nSPS) is 21.4. The lowest BCUT2D eigenvalue weighted by atomic mass is 9.71. The van der Waals surface area contributed by atoms with Gasteiger partial charge in [-0.1, -0.05) is 12.1 Å². The highest BCUT2D eigenvalue weighted by molar-refractivity contribution is 6.04. The van der Waals surface area contributed by atoms with Gasteiger partial charge in [0, 0.05) is 29.3 Å². The predicted molar refractivity (Wildman–Crippen MR) is 145 cm³/mol. The van der Waals surface area contributed by atoms with Crippen molar-refractivity contribution >= 4 is 11.8 Å². The second-order valence-corrected chi connectivity index (χ2v) is 10.4. The molecule has 1 fully saturated rings. The number of hydrogen-bond acceptors (Lipinski definition) is 8. The van der Waals surface area contributed by atoms with Crippen molar-refractivity contribution in [3.63, 3.8) is 0 Å². The van der Waals surface area contributed by atoms with Crippen molar-refractivity contribution in [3.05, 3.63) is 70.1 Å². The van der Waals surface area contributed by atoms with E-state index < -0.39 is 11.9 Å². The Bertz CT molecular complexity index is 1350. The molecule has 2 atom stereocenters. The zero-order valence-electron chi connectivity index (χ0n) is 22.8. The van der Waals surface area contributed by atoms with Crippen LogP contribution >= 0.6 is 0 Å². The van der Waals surface area contributed by atoms with Crippen molar-refractivity contribution in [2.24, 2.45) is 0 Å². The van der Waals surface area contributed by atoms with Gasteiger partial charge in [0.2, 0.25) is 0 Å². The molecule has 8 nitrogen and oxygen atoms in total. The molecule has 2 aromatic carbocycles. The number of benzene rings is 2. The third kappa shape index (κ3) is 5.07. The maximum Gasteiger partial charge on any atom is 0.337 e. The van der Waals surface area contributed by atoms with E-state index >= 15 is 0 Å². The highest BCUT2D eigenvalue weighted by Gasteiger charge is 2.42. The number of Topliss-reactive ketones (excluding diaryl/α,β-unsaturated/α-hetero) is 1. The second kappa shape index (κ2) is 11.0. The molecule has 0 unspecified atom stereocenters. The average Bonchev–Trinajstić information content (AvgIpc) is 3.44. The van der Waals surface area contributed by atoms with Gasteiger partial charge in [0.15, 0.2) is 28.8 Å². The summed E-state index contributed by atoms with van der Waals surface area (Å²) in [6.07, 6.45) is 4.51. The Morgan fingerprint density at radius 1 is 0.897 bits per heavy atom. The smallest absolute Gasteiger partial charge is 0.337 e. The first-order valence-corrected chi connectivity index (χ1v) is 13.4. The summed E-state index contributed by atoms with van der Waals surface area (Å²) in [6, 6.07) is 10.7. The number of esters is 1. The quantitative estimate of drug-likeness (QED) is 0.465. The van der Waals surface area contributed by atoms with E-state index in [0.717, 1.165) is 36.9 Å². The molecule has 0 saturated heterocycles. The van der Waals surface area contributed by atoms with Crippen LogP contribution in [0, 0.1) is 0 Å².